The standard InChI is InChI=1S/C34H20OS/c1-2-11-29-27(8-1)34-25(9-5-12-30(34)35-29)22-16-14-21(15-17-22)24-18-19-31-28(20-24)26-10-3-6-23-7-4-13-32(36-31)33(23)26/h1-20H. The number of para-hydroxylation sites is 1. The van der Waals surface area contributed by atoms with Gasteiger partial charge in [-0.25, -0.2) is 0 Å². The van der Waals surface area contributed by atoms with Crippen molar-refractivity contribution in [1.29, 1.82) is 0 Å². The van der Waals surface area contributed by atoms with E-state index in [-0.39, 0.29) is 0 Å². The van der Waals surface area contributed by atoms with Gasteiger partial charge in [0.05, 0.1) is 0 Å². The van der Waals surface area contributed by atoms with Gasteiger partial charge >= 0.3 is 0 Å². The van der Waals surface area contributed by atoms with Crippen LogP contribution in [0.2, 0.25) is 0 Å². The summed E-state index contributed by atoms with van der Waals surface area (Å²) in [5, 5.41) is 5.01. The number of benzene rings is 6. The molecule has 0 N–H and O–H groups in total. The number of hydrogen-bond donors (Lipinski definition) is 0. The third kappa shape index (κ3) is 2.92. The molecule has 0 fully saturated rings. The highest BCUT2D eigenvalue weighted by Crippen LogP contribution is 2.48. The molecule has 2 heteroatoms. The SMILES string of the molecule is c1cc2c3c(cccc3c1)-c1cc(-c3ccc(-c4cccc5oc6ccccc6c45)cc3)ccc1S2. The zero-order valence-corrected chi connectivity index (χ0v) is 20.2. The molecule has 0 radical (unpaired) electrons. The Morgan fingerprint density at radius 2 is 1.17 bits per heavy atom. The highest BCUT2D eigenvalue weighted by molar-refractivity contribution is 7.99. The fourth-order valence-electron chi connectivity index (χ4n) is 5.60. The summed E-state index contributed by atoms with van der Waals surface area (Å²) in [4.78, 5) is 2.66. The summed E-state index contributed by atoms with van der Waals surface area (Å²) in [5.41, 5.74) is 9.37. The molecule has 0 saturated heterocycles. The molecule has 0 amide bonds. The number of fused-ring (bicyclic) bond motifs is 5. The average molecular weight is 477 g/mol. The smallest absolute Gasteiger partial charge is 0.136 e. The first kappa shape index (κ1) is 20.0. The van der Waals surface area contributed by atoms with Crippen molar-refractivity contribution in [2.45, 2.75) is 9.79 Å². The van der Waals surface area contributed by atoms with Crippen molar-refractivity contribution in [2.24, 2.45) is 0 Å². The lowest BCUT2D eigenvalue weighted by Crippen LogP contribution is -1.93. The van der Waals surface area contributed by atoms with E-state index in [0.717, 1.165) is 16.6 Å². The summed E-state index contributed by atoms with van der Waals surface area (Å²) < 4.78 is 6.11. The van der Waals surface area contributed by atoms with Crippen molar-refractivity contribution in [2.75, 3.05) is 0 Å². The maximum absolute atomic E-state index is 6.11. The van der Waals surface area contributed by atoms with Crippen molar-refractivity contribution >= 4 is 44.5 Å². The molecule has 0 aliphatic carbocycles. The second-order valence-electron chi connectivity index (χ2n) is 9.33. The number of hydrogen-bond acceptors (Lipinski definition) is 2. The molecule has 0 saturated carbocycles. The molecule has 2 heterocycles. The molecular weight excluding hydrogens is 456 g/mol. The minimum atomic E-state index is 0.930. The second-order valence-corrected chi connectivity index (χ2v) is 10.4. The molecule has 36 heavy (non-hydrogen) atoms. The van der Waals surface area contributed by atoms with Gasteiger partial charge in [-0.05, 0) is 69.1 Å². The van der Waals surface area contributed by atoms with Gasteiger partial charge in [0.1, 0.15) is 11.2 Å². The van der Waals surface area contributed by atoms with Gasteiger partial charge in [-0.1, -0.05) is 103 Å². The molecule has 7 aromatic rings. The van der Waals surface area contributed by atoms with E-state index in [1.165, 1.54) is 59.3 Å². The van der Waals surface area contributed by atoms with Crippen LogP contribution >= 0.6 is 11.8 Å². The van der Waals surface area contributed by atoms with Crippen LogP contribution in [-0.4, -0.2) is 0 Å². The van der Waals surface area contributed by atoms with E-state index in [0.29, 0.717) is 0 Å². The highest BCUT2D eigenvalue weighted by Gasteiger charge is 2.19. The Morgan fingerprint density at radius 3 is 2.08 bits per heavy atom. The van der Waals surface area contributed by atoms with Gasteiger partial charge in [-0.3, -0.25) is 0 Å². The summed E-state index contributed by atoms with van der Waals surface area (Å²) in [6.45, 7) is 0. The van der Waals surface area contributed by atoms with Gasteiger partial charge in [-0.15, -0.1) is 0 Å². The minimum Gasteiger partial charge on any atom is -0.456 e. The van der Waals surface area contributed by atoms with E-state index in [4.69, 9.17) is 4.42 Å². The molecular formula is C34H20OS. The lowest BCUT2D eigenvalue weighted by molar-refractivity contribution is 0.669. The monoisotopic (exact) mass is 476 g/mol. The summed E-state index contributed by atoms with van der Waals surface area (Å²) in [6.07, 6.45) is 0. The molecule has 0 spiro atoms. The van der Waals surface area contributed by atoms with E-state index in [1.54, 1.807) is 0 Å². The lowest BCUT2D eigenvalue weighted by atomic mass is 9.93. The lowest BCUT2D eigenvalue weighted by Gasteiger charge is -2.21. The Labute approximate surface area is 213 Å². The highest BCUT2D eigenvalue weighted by atomic mass is 32.2. The molecule has 168 valence electrons. The quantitative estimate of drug-likeness (QED) is 0.246. The first-order valence-corrected chi connectivity index (χ1v) is 13.0. The van der Waals surface area contributed by atoms with E-state index >= 15 is 0 Å². The topological polar surface area (TPSA) is 13.1 Å². The van der Waals surface area contributed by atoms with Crippen molar-refractivity contribution in [3.8, 4) is 33.4 Å². The second kappa shape index (κ2) is 7.61. The molecule has 1 aliphatic rings. The zero-order chi connectivity index (χ0) is 23.6. The van der Waals surface area contributed by atoms with Crippen LogP contribution in [0.5, 0.6) is 0 Å². The Bertz CT molecular complexity index is 1960. The largest absolute Gasteiger partial charge is 0.456 e. The first-order chi connectivity index (χ1) is 17.8. The minimum absolute atomic E-state index is 0.930. The Kier molecular flexibility index (Phi) is 4.22. The summed E-state index contributed by atoms with van der Waals surface area (Å²) >= 11 is 1.87. The van der Waals surface area contributed by atoms with Crippen molar-refractivity contribution in [3.63, 3.8) is 0 Å². The summed E-state index contributed by atoms with van der Waals surface area (Å²) in [6, 6.07) is 43.6. The van der Waals surface area contributed by atoms with E-state index < -0.39 is 0 Å². The van der Waals surface area contributed by atoms with Gasteiger partial charge in [0.25, 0.3) is 0 Å². The average Bonchev–Trinajstić information content (AvgIpc) is 3.32. The predicted molar refractivity (Wildman–Crippen MR) is 152 cm³/mol. The van der Waals surface area contributed by atoms with Gasteiger partial charge in [-0.2, -0.15) is 0 Å². The summed E-state index contributed by atoms with van der Waals surface area (Å²) in [5.74, 6) is 0. The molecule has 1 aliphatic heterocycles. The van der Waals surface area contributed by atoms with Crippen molar-refractivity contribution < 1.29 is 4.42 Å². The van der Waals surface area contributed by atoms with E-state index in [9.17, 15) is 0 Å². The Hall–Kier alpha value is -4.27. The van der Waals surface area contributed by atoms with Crippen LogP contribution in [-0.2, 0) is 0 Å². The van der Waals surface area contributed by atoms with Crippen LogP contribution in [0.3, 0.4) is 0 Å². The molecule has 6 aromatic carbocycles. The van der Waals surface area contributed by atoms with Crippen molar-refractivity contribution in [3.05, 3.63) is 121 Å². The van der Waals surface area contributed by atoms with Crippen LogP contribution in [0, 0.1) is 0 Å². The number of furan rings is 1. The summed E-state index contributed by atoms with van der Waals surface area (Å²) in [7, 11) is 0. The molecule has 1 aromatic heterocycles. The van der Waals surface area contributed by atoms with Gasteiger partial charge < -0.3 is 4.42 Å². The number of rotatable bonds is 2. The van der Waals surface area contributed by atoms with E-state index in [1.807, 2.05) is 23.9 Å². The Morgan fingerprint density at radius 1 is 0.444 bits per heavy atom. The maximum Gasteiger partial charge on any atom is 0.136 e. The molecule has 0 atom stereocenters. The third-order valence-electron chi connectivity index (χ3n) is 7.29. The fourth-order valence-corrected chi connectivity index (χ4v) is 6.73. The first-order valence-electron chi connectivity index (χ1n) is 12.2. The normalized spacial score (nSPS) is 12.3. The molecule has 1 nitrogen and oxygen atoms in total. The van der Waals surface area contributed by atoms with Crippen LogP contribution in [0.1, 0.15) is 0 Å². The van der Waals surface area contributed by atoms with Crippen LogP contribution in [0.4, 0.5) is 0 Å². The van der Waals surface area contributed by atoms with Crippen LogP contribution < -0.4 is 0 Å². The Balaban J connectivity index is 1.23. The zero-order valence-electron chi connectivity index (χ0n) is 19.4. The fraction of sp³-hybridized carbons (Fsp3) is 0. The third-order valence-corrected chi connectivity index (χ3v) is 8.42. The van der Waals surface area contributed by atoms with Gasteiger partial charge in [0.15, 0.2) is 0 Å². The van der Waals surface area contributed by atoms with Crippen LogP contribution in [0.15, 0.2) is 136 Å². The van der Waals surface area contributed by atoms with E-state index in [2.05, 4.69) is 109 Å². The molecule has 0 bridgehead atoms. The molecule has 8 rings (SSSR count). The van der Waals surface area contributed by atoms with Crippen LogP contribution in [0.25, 0.3) is 66.1 Å². The van der Waals surface area contributed by atoms with Crippen molar-refractivity contribution in [1.82, 2.24) is 0 Å². The van der Waals surface area contributed by atoms with Gasteiger partial charge in [0.2, 0.25) is 0 Å². The maximum atomic E-state index is 6.11. The predicted octanol–water partition coefficient (Wildman–Crippen LogP) is 10.2. The van der Waals surface area contributed by atoms with Gasteiger partial charge in [0, 0.05) is 25.9 Å². The molecule has 0 unspecified atom stereocenters.